The summed E-state index contributed by atoms with van der Waals surface area (Å²) in [5, 5.41) is 16.2. The average molecular weight is 569 g/mol. The SMILES string of the molecule is CCOC(=O)c1cc(-c2ccc(C3CCCCC3)cc2)nn1-c1ccc([N+](=O)[O-])cc1S(=O)(=O)N1CCOCC1. The molecule has 212 valence electrons. The number of carbonyl (C=O) groups is 1. The van der Waals surface area contributed by atoms with Crippen LogP contribution in [0.25, 0.3) is 16.9 Å². The van der Waals surface area contributed by atoms with Gasteiger partial charge in [-0.25, -0.2) is 17.9 Å². The lowest BCUT2D eigenvalue weighted by molar-refractivity contribution is -0.385. The Morgan fingerprint density at radius 1 is 1.07 bits per heavy atom. The van der Waals surface area contributed by atoms with Crippen molar-refractivity contribution >= 4 is 21.7 Å². The van der Waals surface area contributed by atoms with Crippen LogP contribution in [0.15, 0.2) is 53.4 Å². The first-order chi connectivity index (χ1) is 19.3. The molecule has 0 amide bonds. The maximum atomic E-state index is 13.7. The minimum atomic E-state index is -4.19. The van der Waals surface area contributed by atoms with Gasteiger partial charge in [0.05, 0.1) is 36.1 Å². The zero-order chi connectivity index (χ0) is 28.3. The van der Waals surface area contributed by atoms with E-state index in [-0.39, 0.29) is 54.9 Å². The molecule has 1 aliphatic carbocycles. The molecule has 40 heavy (non-hydrogen) atoms. The lowest BCUT2D eigenvalue weighted by atomic mass is 9.84. The van der Waals surface area contributed by atoms with Crippen LogP contribution in [0.1, 0.15) is 61.0 Å². The average Bonchev–Trinajstić information content (AvgIpc) is 3.43. The Morgan fingerprint density at radius 3 is 2.42 bits per heavy atom. The zero-order valence-corrected chi connectivity index (χ0v) is 23.1. The minimum absolute atomic E-state index is 0.0143. The van der Waals surface area contributed by atoms with E-state index in [0.717, 1.165) is 11.6 Å². The molecule has 2 aromatic carbocycles. The molecule has 5 rings (SSSR count). The van der Waals surface area contributed by atoms with Crippen molar-refractivity contribution in [3.8, 4) is 16.9 Å². The molecule has 0 atom stereocenters. The number of benzene rings is 2. The maximum Gasteiger partial charge on any atom is 0.357 e. The van der Waals surface area contributed by atoms with Crippen LogP contribution in [-0.2, 0) is 19.5 Å². The quantitative estimate of drug-likeness (QED) is 0.217. The van der Waals surface area contributed by atoms with Crippen molar-refractivity contribution in [2.45, 2.75) is 49.8 Å². The van der Waals surface area contributed by atoms with E-state index in [1.165, 1.54) is 58.8 Å². The molecule has 0 spiro atoms. The standard InChI is InChI=1S/C28H32N4O7S/c1-2-39-28(33)26-19-24(22-10-8-21(9-11-22)20-6-4-3-5-7-20)29-31(26)25-13-12-23(32(34)35)18-27(25)40(36,37)30-14-16-38-17-15-30/h8-13,18-20H,2-7,14-17H2,1H3. The van der Waals surface area contributed by atoms with E-state index in [9.17, 15) is 23.3 Å². The molecule has 11 nitrogen and oxygen atoms in total. The van der Waals surface area contributed by atoms with Crippen molar-refractivity contribution in [3.05, 3.63) is 69.9 Å². The van der Waals surface area contributed by atoms with Gasteiger partial charge in [0.15, 0.2) is 5.69 Å². The lowest BCUT2D eigenvalue weighted by Crippen LogP contribution is -2.41. The Hall–Kier alpha value is -3.61. The molecule has 12 heteroatoms. The van der Waals surface area contributed by atoms with Gasteiger partial charge in [-0.2, -0.15) is 9.40 Å². The number of ether oxygens (including phenoxy) is 2. The molecule has 1 aliphatic heterocycles. The van der Waals surface area contributed by atoms with Crippen molar-refractivity contribution in [2.75, 3.05) is 32.9 Å². The van der Waals surface area contributed by atoms with Crippen LogP contribution in [0.2, 0.25) is 0 Å². The number of non-ortho nitro benzene ring substituents is 1. The Kier molecular flexibility index (Phi) is 8.29. The summed E-state index contributed by atoms with van der Waals surface area (Å²) in [4.78, 5) is 23.6. The summed E-state index contributed by atoms with van der Waals surface area (Å²) >= 11 is 0. The number of esters is 1. The van der Waals surface area contributed by atoms with Crippen LogP contribution in [-0.4, -0.2) is 66.3 Å². The predicted molar refractivity (Wildman–Crippen MR) is 147 cm³/mol. The van der Waals surface area contributed by atoms with Crippen LogP contribution in [0, 0.1) is 10.1 Å². The highest BCUT2D eigenvalue weighted by Gasteiger charge is 2.33. The summed E-state index contributed by atoms with van der Waals surface area (Å²) in [5.41, 5.74) is 2.11. The second-order valence-electron chi connectivity index (χ2n) is 9.93. The van der Waals surface area contributed by atoms with E-state index < -0.39 is 20.9 Å². The number of sulfonamides is 1. The van der Waals surface area contributed by atoms with Crippen molar-refractivity contribution < 1.29 is 27.6 Å². The molecular weight excluding hydrogens is 536 g/mol. The second-order valence-corrected chi connectivity index (χ2v) is 11.8. The number of nitro benzene ring substituents is 1. The van der Waals surface area contributed by atoms with Crippen molar-refractivity contribution in [1.82, 2.24) is 14.1 Å². The molecule has 1 aromatic heterocycles. The summed E-state index contributed by atoms with van der Waals surface area (Å²) in [5.74, 6) is -0.156. The van der Waals surface area contributed by atoms with E-state index in [2.05, 4.69) is 17.2 Å². The highest BCUT2D eigenvalue weighted by molar-refractivity contribution is 7.89. The number of rotatable bonds is 8. The highest BCUT2D eigenvalue weighted by Crippen LogP contribution is 2.34. The molecule has 1 saturated carbocycles. The van der Waals surface area contributed by atoms with Gasteiger partial charge in [0.2, 0.25) is 10.0 Å². The van der Waals surface area contributed by atoms with Crippen LogP contribution >= 0.6 is 0 Å². The van der Waals surface area contributed by atoms with E-state index in [0.29, 0.717) is 11.6 Å². The Morgan fingerprint density at radius 2 is 1.77 bits per heavy atom. The second kappa shape index (κ2) is 11.9. The van der Waals surface area contributed by atoms with Gasteiger partial charge in [-0.05, 0) is 43.4 Å². The van der Waals surface area contributed by atoms with Crippen LogP contribution < -0.4 is 0 Å². The summed E-state index contributed by atoms with van der Waals surface area (Å²) in [6.07, 6.45) is 6.06. The topological polar surface area (TPSA) is 134 Å². The summed E-state index contributed by atoms with van der Waals surface area (Å²) in [6, 6.07) is 13.1. The predicted octanol–water partition coefficient (Wildman–Crippen LogP) is 4.69. The molecule has 0 radical (unpaired) electrons. The van der Waals surface area contributed by atoms with Gasteiger partial charge in [-0.3, -0.25) is 10.1 Å². The molecule has 3 aromatic rings. The third kappa shape index (κ3) is 5.65. The largest absolute Gasteiger partial charge is 0.461 e. The zero-order valence-electron chi connectivity index (χ0n) is 22.3. The summed E-state index contributed by atoms with van der Waals surface area (Å²) < 4.78 is 40.4. The molecular formula is C28H32N4O7S. The molecule has 2 heterocycles. The Labute approximate surface area is 232 Å². The molecule has 2 fully saturated rings. The van der Waals surface area contributed by atoms with E-state index in [1.54, 1.807) is 13.0 Å². The first-order valence-corrected chi connectivity index (χ1v) is 15.0. The Bertz CT molecular complexity index is 1490. The van der Waals surface area contributed by atoms with E-state index in [1.807, 2.05) is 12.1 Å². The van der Waals surface area contributed by atoms with Gasteiger partial charge in [-0.15, -0.1) is 0 Å². The maximum absolute atomic E-state index is 13.7. The number of hydrogen-bond donors (Lipinski definition) is 0. The Balaban J connectivity index is 1.61. The van der Waals surface area contributed by atoms with Gasteiger partial charge in [-0.1, -0.05) is 43.5 Å². The van der Waals surface area contributed by atoms with Gasteiger partial charge >= 0.3 is 5.97 Å². The minimum Gasteiger partial charge on any atom is -0.461 e. The number of morpholine rings is 1. The number of nitro groups is 1. The molecule has 1 saturated heterocycles. The van der Waals surface area contributed by atoms with Gasteiger partial charge in [0.1, 0.15) is 4.90 Å². The fraction of sp³-hybridized carbons (Fsp3) is 0.429. The van der Waals surface area contributed by atoms with Gasteiger partial charge in [0.25, 0.3) is 5.69 Å². The smallest absolute Gasteiger partial charge is 0.357 e. The molecule has 2 aliphatic rings. The van der Waals surface area contributed by atoms with Gasteiger partial charge in [0, 0.05) is 30.8 Å². The van der Waals surface area contributed by atoms with Gasteiger partial charge < -0.3 is 9.47 Å². The number of nitrogens with zero attached hydrogens (tertiary/aromatic N) is 4. The van der Waals surface area contributed by atoms with Crippen LogP contribution in [0.3, 0.4) is 0 Å². The van der Waals surface area contributed by atoms with Crippen LogP contribution in [0.5, 0.6) is 0 Å². The molecule has 0 unspecified atom stereocenters. The van der Waals surface area contributed by atoms with Crippen molar-refractivity contribution in [3.63, 3.8) is 0 Å². The van der Waals surface area contributed by atoms with Crippen molar-refractivity contribution in [1.29, 1.82) is 0 Å². The fourth-order valence-electron chi connectivity index (χ4n) is 5.34. The monoisotopic (exact) mass is 568 g/mol. The number of carbonyl (C=O) groups excluding carboxylic acids is 1. The lowest BCUT2D eigenvalue weighted by Gasteiger charge is -2.27. The first kappa shape index (κ1) is 27.9. The van der Waals surface area contributed by atoms with Crippen LogP contribution in [0.4, 0.5) is 5.69 Å². The third-order valence-corrected chi connectivity index (χ3v) is 9.38. The summed E-state index contributed by atoms with van der Waals surface area (Å²) in [6.45, 7) is 2.40. The summed E-state index contributed by atoms with van der Waals surface area (Å²) in [7, 11) is -4.19. The highest BCUT2D eigenvalue weighted by atomic mass is 32.2. The molecule has 0 bridgehead atoms. The third-order valence-electron chi connectivity index (χ3n) is 7.45. The van der Waals surface area contributed by atoms with Crippen molar-refractivity contribution in [2.24, 2.45) is 0 Å². The number of aromatic nitrogens is 2. The van der Waals surface area contributed by atoms with E-state index in [4.69, 9.17) is 9.47 Å². The normalized spacial score (nSPS) is 17.0. The van der Waals surface area contributed by atoms with E-state index >= 15 is 0 Å². The molecule has 0 N–H and O–H groups in total. The number of hydrogen-bond acceptors (Lipinski definition) is 8. The fourth-order valence-corrected chi connectivity index (χ4v) is 6.94. The first-order valence-electron chi connectivity index (χ1n) is 13.5.